The summed E-state index contributed by atoms with van der Waals surface area (Å²) in [7, 11) is 0. The lowest BCUT2D eigenvalue weighted by Crippen LogP contribution is -2.22. The maximum Gasteiger partial charge on any atom is 0.191 e. The molecule has 0 saturated carbocycles. The Morgan fingerprint density at radius 3 is 2.50 bits per heavy atom. The Labute approximate surface area is 178 Å². The van der Waals surface area contributed by atoms with Crippen LogP contribution in [0.1, 0.15) is 51.7 Å². The number of aliphatic imine (C=N–C) groups is 1. The first-order valence-electron chi connectivity index (χ1n) is 10.5. The van der Waals surface area contributed by atoms with Crippen molar-refractivity contribution in [3.05, 3.63) is 71.7 Å². The highest BCUT2D eigenvalue weighted by molar-refractivity contribution is 5.98. The average molecular weight is 407 g/mol. The monoisotopic (exact) mass is 406 g/mol. The fraction of sp³-hybridized carbons (Fsp3) is 0.280. The molecule has 158 valence electrons. The van der Waals surface area contributed by atoms with Gasteiger partial charge in [0.25, 0.3) is 0 Å². The zero-order valence-corrected chi connectivity index (χ0v) is 18.2. The minimum Gasteiger partial charge on any atom is -0.370 e. The zero-order chi connectivity index (χ0) is 22.1. The van der Waals surface area contributed by atoms with E-state index in [2.05, 4.69) is 16.9 Å². The van der Waals surface area contributed by atoms with E-state index in [1.165, 1.54) is 0 Å². The number of fused-ring (bicyclic) bond motifs is 1. The number of benzene rings is 2. The molecule has 0 bridgehead atoms. The molecule has 2 aromatic carbocycles. The highest BCUT2D eigenvalue weighted by Crippen LogP contribution is 2.32. The summed E-state index contributed by atoms with van der Waals surface area (Å²) in [5, 5.41) is 1.91. The summed E-state index contributed by atoms with van der Waals surface area (Å²) < 4.78 is 14.8. The minimum absolute atomic E-state index is 0.00676. The second-order valence-corrected chi connectivity index (χ2v) is 6.70. The van der Waals surface area contributed by atoms with Gasteiger partial charge in [-0.25, -0.2) is 9.38 Å². The van der Waals surface area contributed by atoms with Gasteiger partial charge in [0, 0.05) is 17.3 Å². The first-order chi connectivity index (χ1) is 14.5. The van der Waals surface area contributed by atoms with E-state index in [0.717, 1.165) is 46.7 Å². The van der Waals surface area contributed by atoms with Crippen LogP contribution in [0.15, 0.2) is 59.7 Å². The normalized spacial score (nSPS) is 11.0. The van der Waals surface area contributed by atoms with Gasteiger partial charge in [0.1, 0.15) is 11.5 Å². The number of aryl methyl sites for hydroxylation is 1. The van der Waals surface area contributed by atoms with Gasteiger partial charge in [-0.2, -0.15) is 0 Å². The number of nitrogens with two attached hydrogens (primary N) is 2. The largest absolute Gasteiger partial charge is 0.370 e. The second kappa shape index (κ2) is 11.1. The third kappa shape index (κ3) is 5.44. The number of nitrogens with zero attached hydrogens (tertiary/aromatic N) is 2. The molecule has 0 spiro atoms. The molecule has 0 unspecified atom stereocenters. The lowest BCUT2D eigenvalue weighted by atomic mass is 9.97. The summed E-state index contributed by atoms with van der Waals surface area (Å²) in [4.78, 5) is 8.66. The molecular weight excluding hydrogens is 375 g/mol. The maximum absolute atomic E-state index is 14.8. The first kappa shape index (κ1) is 23.1. The summed E-state index contributed by atoms with van der Waals surface area (Å²) in [6, 6.07) is 13.3. The Bertz CT molecular complexity index is 1050. The standard InChI is InChI=1S/C23H25FN4.C2H6/c1-3-6-15-12-20(24)22(27-14-15)18-9-5-8-16-10-11-17(13-19(16)18)21(7-4-2)28-23(25)26;1-2/h5,7-14H,3-4,6H2,1-2H3,(H4,25,26,28);1-2H3/b21-7+;. The Hall–Kier alpha value is -3.21. The molecular formula is C25H31FN4. The van der Waals surface area contributed by atoms with E-state index in [-0.39, 0.29) is 11.8 Å². The van der Waals surface area contributed by atoms with Crippen LogP contribution in [0.4, 0.5) is 4.39 Å². The molecule has 0 aliphatic rings. The van der Waals surface area contributed by atoms with Crippen molar-refractivity contribution < 1.29 is 4.39 Å². The van der Waals surface area contributed by atoms with Crippen LogP contribution < -0.4 is 11.5 Å². The highest BCUT2D eigenvalue weighted by atomic mass is 19.1. The van der Waals surface area contributed by atoms with Crippen LogP contribution in [0, 0.1) is 5.82 Å². The predicted molar refractivity (Wildman–Crippen MR) is 127 cm³/mol. The van der Waals surface area contributed by atoms with Crippen LogP contribution in [0.2, 0.25) is 0 Å². The molecule has 0 aliphatic carbocycles. The van der Waals surface area contributed by atoms with Gasteiger partial charge in [-0.15, -0.1) is 0 Å². The van der Waals surface area contributed by atoms with Crippen LogP contribution in [0.3, 0.4) is 0 Å². The third-order valence-electron chi connectivity index (χ3n) is 4.52. The number of rotatable bonds is 6. The van der Waals surface area contributed by atoms with Gasteiger partial charge in [0.2, 0.25) is 0 Å². The van der Waals surface area contributed by atoms with Crippen molar-refractivity contribution in [1.82, 2.24) is 4.98 Å². The van der Waals surface area contributed by atoms with Crippen LogP contribution in [-0.4, -0.2) is 10.9 Å². The van der Waals surface area contributed by atoms with Crippen molar-refractivity contribution >= 4 is 22.4 Å². The van der Waals surface area contributed by atoms with E-state index in [9.17, 15) is 4.39 Å². The summed E-state index contributed by atoms with van der Waals surface area (Å²) in [5.74, 6) is -0.301. The summed E-state index contributed by atoms with van der Waals surface area (Å²) in [6.07, 6.45) is 6.28. The number of hydrogen-bond acceptors (Lipinski definition) is 2. The van der Waals surface area contributed by atoms with Crippen LogP contribution in [0.5, 0.6) is 0 Å². The van der Waals surface area contributed by atoms with Crippen LogP contribution >= 0.6 is 0 Å². The molecule has 1 aromatic heterocycles. The smallest absolute Gasteiger partial charge is 0.191 e. The van der Waals surface area contributed by atoms with Crippen LogP contribution in [0.25, 0.3) is 27.7 Å². The summed E-state index contributed by atoms with van der Waals surface area (Å²) in [6.45, 7) is 8.09. The van der Waals surface area contributed by atoms with Crippen molar-refractivity contribution in [3.8, 4) is 11.3 Å². The molecule has 5 heteroatoms. The van der Waals surface area contributed by atoms with Crippen LogP contribution in [-0.2, 0) is 6.42 Å². The Morgan fingerprint density at radius 1 is 1.10 bits per heavy atom. The summed E-state index contributed by atoms with van der Waals surface area (Å²) in [5.41, 5.74) is 14.7. The Balaban J connectivity index is 0.00000155. The summed E-state index contributed by atoms with van der Waals surface area (Å²) >= 11 is 0. The quantitative estimate of drug-likeness (QED) is 0.387. The molecule has 0 saturated heterocycles. The average Bonchev–Trinajstić information content (AvgIpc) is 2.74. The molecule has 0 fully saturated rings. The molecule has 1 heterocycles. The number of allylic oxidation sites excluding steroid dienone is 1. The van der Waals surface area contributed by atoms with E-state index in [0.29, 0.717) is 11.4 Å². The van der Waals surface area contributed by atoms with Crippen molar-refractivity contribution in [2.45, 2.75) is 47.0 Å². The highest BCUT2D eigenvalue weighted by Gasteiger charge is 2.12. The predicted octanol–water partition coefficient (Wildman–Crippen LogP) is 6.04. The van der Waals surface area contributed by atoms with E-state index in [4.69, 9.17) is 11.5 Å². The minimum atomic E-state index is -0.308. The molecule has 4 nitrogen and oxygen atoms in total. The SMILES string of the molecule is CC.CC/C=C(/N=C(N)N)c1ccc2cccc(-c3ncc(CCC)cc3F)c2c1. The molecule has 0 amide bonds. The molecule has 4 N–H and O–H groups in total. The van der Waals surface area contributed by atoms with E-state index in [1.54, 1.807) is 12.3 Å². The van der Waals surface area contributed by atoms with Gasteiger partial charge in [-0.05, 0) is 41.3 Å². The fourth-order valence-corrected chi connectivity index (χ4v) is 3.30. The van der Waals surface area contributed by atoms with Gasteiger partial charge in [-0.1, -0.05) is 70.5 Å². The van der Waals surface area contributed by atoms with Crippen molar-refractivity contribution in [3.63, 3.8) is 0 Å². The number of aromatic nitrogens is 1. The lowest BCUT2D eigenvalue weighted by Gasteiger charge is -2.11. The van der Waals surface area contributed by atoms with Gasteiger partial charge >= 0.3 is 0 Å². The third-order valence-corrected chi connectivity index (χ3v) is 4.52. The molecule has 0 radical (unpaired) electrons. The van der Waals surface area contributed by atoms with E-state index >= 15 is 0 Å². The number of guanidine groups is 1. The molecule has 0 atom stereocenters. The second-order valence-electron chi connectivity index (χ2n) is 6.70. The van der Waals surface area contributed by atoms with Gasteiger partial charge in [0.05, 0.1) is 5.70 Å². The Morgan fingerprint density at radius 2 is 1.87 bits per heavy atom. The zero-order valence-electron chi connectivity index (χ0n) is 18.2. The van der Waals surface area contributed by atoms with Gasteiger partial charge < -0.3 is 11.5 Å². The molecule has 3 aromatic rings. The maximum atomic E-state index is 14.8. The van der Waals surface area contributed by atoms with E-state index < -0.39 is 0 Å². The number of pyridine rings is 1. The van der Waals surface area contributed by atoms with Gasteiger partial charge in [0.15, 0.2) is 5.96 Å². The van der Waals surface area contributed by atoms with Crippen molar-refractivity contribution in [1.29, 1.82) is 0 Å². The number of halogens is 1. The molecule has 30 heavy (non-hydrogen) atoms. The topological polar surface area (TPSA) is 77.3 Å². The first-order valence-corrected chi connectivity index (χ1v) is 10.5. The Kier molecular flexibility index (Phi) is 8.54. The lowest BCUT2D eigenvalue weighted by molar-refractivity contribution is 0.622. The fourth-order valence-electron chi connectivity index (χ4n) is 3.30. The van der Waals surface area contributed by atoms with Gasteiger partial charge in [-0.3, -0.25) is 4.98 Å². The van der Waals surface area contributed by atoms with Crippen molar-refractivity contribution in [2.24, 2.45) is 16.5 Å². The molecule has 3 rings (SSSR count). The number of hydrogen-bond donors (Lipinski definition) is 2. The van der Waals surface area contributed by atoms with Crippen molar-refractivity contribution in [2.75, 3.05) is 0 Å². The van der Waals surface area contributed by atoms with E-state index in [1.807, 2.05) is 63.2 Å². The molecule has 0 aliphatic heterocycles.